The maximum Gasteiger partial charge on any atom is 0.227 e. The summed E-state index contributed by atoms with van der Waals surface area (Å²) in [5.74, 6) is 2.27. The van der Waals surface area contributed by atoms with Gasteiger partial charge < -0.3 is 14.0 Å². The fourth-order valence-corrected chi connectivity index (χ4v) is 5.72. The quantitative estimate of drug-likeness (QED) is 0.597. The molecule has 0 saturated carbocycles. The smallest absolute Gasteiger partial charge is 0.227 e. The fraction of sp³-hybridized carbons (Fsp3) is 0.520. The lowest BCUT2D eigenvalue weighted by Crippen LogP contribution is -2.46. The van der Waals surface area contributed by atoms with Gasteiger partial charge in [0.05, 0.1) is 12.1 Å². The molecular formula is C25H32N6O2. The number of rotatable bonds is 5. The van der Waals surface area contributed by atoms with Gasteiger partial charge in [-0.1, -0.05) is 35.5 Å². The van der Waals surface area contributed by atoms with E-state index in [1.165, 1.54) is 5.56 Å². The highest BCUT2D eigenvalue weighted by Crippen LogP contribution is 2.49. The molecular weight excluding hydrogens is 416 g/mol. The van der Waals surface area contributed by atoms with Crippen molar-refractivity contribution >= 4 is 5.91 Å². The summed E-state index contributed by atoms with van der Waals surface area (Å²) in [6.07, 6.45) is 4.11. The third kappa shape index (κ3) is 4.19. The van der Waals surface area contributed by atoms with Crippen molar-refractivity contribution in [3.63, 3.8) is 0 Å². The number of carbonyl (C=O) groups excluding carboxylic acids is 1. The highest BCUT2D eigenvalue weighted by Gasteiger charge is 2.50. The molecule has 2 aromatic heterocycles. The predicted octanol–water partition coefficient (Wildman–Crippen LogP) is 2.87. The van der Waals surface area contributed by atoms with E-state index in [1.54, 1.807) is 6.33 Å². The van der Waals surface area contributed by atoms with Gasteiger partial charge in [0.15, 0.2) is 0 Å². The monoisotopic (exact) mass is 448 g/mol. The zero-order chi connectivity index (χ0) is 23.0. The van der Waals surface area contributed by atoms with E-state index >= 15 is 0 Å². The molecule has 2 aliphatic rings. The van der Waals surface area contributed by atoms with Crippen LogP contribution >= 0.6 is 0 Å². The Hall–Kier alpha value is -3.00. The van der Waals surface area contributed by atoms with Crippen molar-refractivity contribution in [2.75, 3.05) is 26.2 Å². The molecule has 2 fully saturated rings. The SMILES string of the molecule is Cc1noc(C)c1CC(=O)N1CCC2(CC1)CN(Cc1ccccc1)CC2c1nncn1C. The molecule has 0 aliphatic carbocycles. The number of aryl methyl sites for hydroxylation is 3. The van der Waals surface area contributed by atoms with Crippen LogP contribution in [0.5, 0.6) is 0 Å². The van der Waals surface area contributed by atoms with E-state index < -0.39 is 0 Å². The Morgan fingerprint density at radius 3 is 2.58 bits per heavy atom. The molecule has 1 aromatic carbocycles. The van der Waals surface area contributed by atoms with Crippen LogP contribution in [-0.4, -0.2) is 61.8 Å². The van der Waals surface area contributed by atoms with E-state index in [0.717, 1.165) is 68.4 Å². The fourth-order valence-electron chi connectivity index (χ4n) is 5.72. The lowest BCUT2D eigenvalue weighted by atomic mass is 9.70. The first-order chi connectivity index (χ1) is 15.9. The average molecular weight is 449 g/mol. The molecule has 1 spiro atoms. The minimum Gasteiger partial charge on any atom is -0.361 e. The zero-order valence-electron chi connectivity index (χ0n) is 19.7. The number of benzene rings is 1. The number of hydrogen-bond acceptors (Lipinski definition) is 6. The normalized spacial score (nSPS) is 20.6. The topological polar surface area (TPSA) is 80.3 Å². The van der Waals surface area contributed by atoms with Gasteiger partial charge in [0.1, 0.15) is 17.9 Å². The van der Waals surface area contributed by atoms with Gasteiger partial charge in [-0.3, -0.25) is 9.69 Å². The minimum absolute atomic E-state index is 0.107. The molecule has 2 aliphatic heterocycles. The number of aromatic nitrogens is 4. The highest BCUT2D eigenvalue weighted by atomic mass is 16.5. The van der Waals surface area contributed by atoms with Gasteiger partial charge in [-0.05, 0) is 37.7 Å². The molecule has 33 heavy (non-hydrogen) atoms. The number of hydrogen-bond donors (Lipinski definition) is 0. The van der Waals surface area contributed by atoms with Crippen LogP contribution in [-0.2, 0) is 24.8 Å². The molecule has 1 amide bonds. The lowest BCUT2D eigenvalue weighted by Gasteiger charge is -2.42. The summed E-state index contributed by atoms with van der Waals surface area (Å²) in [4.78, 5) is 17.6. The molecule has 8 nitrogen and oxygen atoms in total. The Kier molecular flexibility index (Phi) is 5.78. The van der Waals surface area contributed by atoms with Crippen molar-refractivity contribution in [1.82, 2.24) is 29.7 Å². The molecule has 3 aromatic rings. The molecule has 4 heterocycles. The Morgan fingerprint density at radius 1 is 1.18 bits per heavy atom. The van der Waals surface area contributed by atoms with E-state index in [1.807, 2.05) is 25.8 Å². The van der Waals surface area contributed by atoms with E-state index in [-0.39, 0.29) is 11.3 Å². The number of nitrogens with zero attached hydrogens (tertiary/aromatic N) is 6. The summed E-state index contributed by atoms with van der Waals surface area (Å²) in [5.41, 5.74) is 3.17. The van der Waals surface area contributed by atoms with Crippen LogP contribution in [0.15, 0.2) is 41.2 Å². The third-order valence-electron chi connectivity index (χ3n) is 7.65. The van der Waals surface area contributed by atoms with Crippen LogP contribution in [0.2, 0.25) is 0 Å². The van der Waals surface area contributed by atoms with Crippen LogP contribution in [0.4, 0.5) is 0 Å². The van der Waals surface area contributed by atoms with Gasteiger partial charge in [0, 0.05) is 51.3 Å². The number of piperidine rings is 1. The van der Waals surface area contributed by atoms with Crippen molar-refractivity contribution in [2.24, 2.45) is 12.5 Å². The number of likely N-dealkylation sites (tertiary alicyclic amines) is 2. The molecule has 0 N–H and O–H groups in total. The molecule has 8 heteroatoms. The van der Waals surface area contributed by atoms with E-state index in [0.29, 0.717) is 12.3 Å². The van der Waals surface area contributed by atoms with Crippen molar-refractivity contribution < 1.29 is 9.32 Å². The van der Waals surface area contributed by atoms with Gasteiger partial charge in [-0.25, -0.2) is 0 Å². The third-order valence-corrected chi connectivity index (χ3v) is 7.65. The Morgan fingerprint density at radius 2 is 1.94 bits per heavy atom. The molecule has 1 unspecified atom stereocenters. The second-order valence-electron chi connectivity index (χ2n) is 9.73. The first kappa shape index (κ1) is 21.8. The Labute approximate surface area is 194 Å². The van der Waals surface area contributed by atoms with Gasteiger partial charge in [-0.15, -0.1) is 10.2 Å². The standard InChI is InChI=1S/C25H32N6O2/c1-18-21(19(2)33-28-18)13-23(32)31-11-9-25(10-12-31)16-30(14-20-7-5-4-6-8-20)15-22(25)24-27-26-17-29(24)3/h4-8,17,22H,9-16H2,1-3H3. The second kappa shape index (κ2) is 8.74. The van der Waals surface area contributed by atoms with E-state index in [2.05, 4.69) is 55.2 Å². The maximum absolute atomic E-state index is 13.1. The largest absolute Gasteiger partial charge is 0.361 e. The lowest BCUT2D eigenvalue weighted by molar-refractivity contribution is -0.132. The second-order valence-corrected chi connectivity index (χ2v) is 9.73. The van der Waals surface area contributed by atoms with Crippen LogP contribution in [0, 0.1) is 19.3 Å². The van der Waals surface area contributed by atoms with Crippen molar-refractivity contribution in [3.05, 3.63) is 65.1 Å². The summed E-state index contributed by atoms with van der Waals surface area (Å²) >= 11 is 0. The number of amides is 1. The summed E-state index contributed by atoms with van der Waals surface area (Å²) < 4.78 is 7.31. The predicted molar refractivity (Wildman–Crippen MR) is 123 cm³/mol. The molecule has 5 rings (SSSR count). The zero-order valence-corrected chi connectivity index (χ0v) is 19.7. The molecule has 2 saturated heterocycles. The van der Waals surface area contributed by atoms with Gasteiger partial charge in [0.2, 0.25) is 5.91 Å². The van der Waals surface area contributed by atoms with Gasteiger partial charge in [0.25, 0.3) is 0 Å². The summed E-state index contributed by atoms with van der Waals surface area (Å²) in [7, 11) is 2.03. The molecule has 1 atom stereocenters. The van der Waals surface area contributed by atoms with Crippen LogP contribution in [0.1, 0.15) is 47.2 Å². The average Bonchev–Trinajstić information content (AvgIpc) is 3.48. The molecule has 0 radical (unpaired) electrons. The van der Waals surface area contributed by atoms with Crippen molar-refractivity contribution in [1.29, 1.82) is 0 Å². The Bertz CT molecular complexity index is 1090. The van der Waals surface area contributed by atoms with E-state index in [9.17, 15) is 4.79 Å². The molecule has 174 valence electrons. The Balaban J connectivity index is 1.31. The van der Waals surface area contributed by atoms with Crippen LogP contribution in [0.25, 0.3) is 0 Å². The van der Waals surface area contributed by atoms with Crippen molar-refractivity contribution in [2.45, 2.75) is 45.6 Å². The van der Waals surface area contributed by atoms with Crippen LogP contribution in [0.3, 0.4) is 0 Å². The van der Waals surface area contributed by atoms with Gasteiger partial charge >= 0.3 is 0 Å². The van der Waals surface area contributed by atoms with Gasteiger partial charge in [-0.2, -0.15) is 0 Å². The summed E-state index contributed by atoms with van der Waals surface area (Å²) in [6, 6.07) is 10.7. The number of carbonyl (C=O) groups is 1. The highest BCUT2D eigenvalue weighted by molar-refractivity contribution is 5.79. The summed E-state index contributed by atoms with van der Waals surface area (Å²) in [6.45, 7) is 8.24. The maximum atomic E-state index is 13.1. The summed E-state index contributed by atoms with van der Waals surface area (Å²) in [5, 5.41) is 12.7. The van der Waals surface area contributed by atoms with Crippen molar-refractivity contribution in [3.8, 4) is 0 Å². The van der Waals surface area contributed by atoms with Crippen LogP contribution < -0.4 is 0 Å². The first-order valence-corrected chi connectivity index (χ1v) is 11.7. The minimum atomic E-state index is 0.107. The first-order valence-electron chi connectivity index (χ1n) is 11.7. The molecule has 0 bridgehead atoms. The van der Waals surface area contributed by atoms with E-state index in [4.69, 9.17) is 4.52 Å².